The maximum Gasteiger partial charge on any atom is 0.258 e. The number of para-hydroxylation sites is 1. The number of benzene rings is 2. The lowest BCUT2D eigenvalue weighted by Crippen LogP contribution is -2.41. The summed E-state index contributed by atoms with van der Waals surface area (Å²) in [6.45, 7) is 0.604. The molecule has 2 atom stereocenters. The van der Waals surface area contributed by atoms with Gasteiger partial charge in [-0.3, -0.25) is 9.69 Å². The van der Waals surface area contributed by atoms with E-state index in [1.165, 1.54) is 29.5 Å². The van der Waals surface area contributed by atoms with Crippen LogP contribution in [0.5, 0.6) is 0 Å². The number of hydrogen-bond acceptors (Lipinski definition) is 2. The van der Waals surface area contributed by atoms with Gasteiger partial charge in [0.15, 0.2) is 0 Å². The lowest BCUT2D eigenvalue weighted by Gasteiger charge is -2.35. The largest absolute Gasteiger partial charge is 0.361 e. The quantitative estimate of drug-likeness (QED) is 0.596. The van der Waals surface area contributed by atoms with Crippen LogP contribution in [-0.4, -0.2) is 46.4 Å². The second kappa shape index (κ2) is 8.85. The summed E-state index contributed by atoms with van der Waals surface area (Å²) < 4.78 is 13.4. The van der Waals surface area contributed by atoms with Gasteiger partial charge in [0.2, 0.25) is 0 Å². The number of nitrogens with one attached hydrogen (secondary N) is 1. The van der Waals surface area contributed by atoms with Gasteiger partial charge in [-0.05, 0) is 68.3 Å². The Bertz CT molecular complexity index is 1110. The summed E-state index contributed by atoms with van der Waals surface area (Å²) >= 11 is 0. The van der Waals surface area contributed by atoms with Crippen LogP contribution in [0.3, 0.4) is 0 Å². The van der Waals surface area contributed by atoms with Crippen molar-refractivity contribution in [1.29, 1.82) is 0 Å². The molecule has 1 saturated heterocycles. The Kier molecular flexibility index (Phi) is 6.17. The SMILES string of the molecule is CN1C2C=C(N(CCc3c[nH]c4ccccc34)C(=O)c3ccc(F)cc3)CC1CC2.Cl. The number of rotatable bonds is 5. The first-order chi connectivity index (χ1) is 14.6. The number of aromatic amines is 1. The fourth-order valence-electron chi connectivity index (χ4n) is 4.91. The number of fused-ring (bicyclic) bond motifs is 3. The van der Waals surface area contributed by atoms with Crippen molar-refractivity contribution < 1.29 is 9.18 Å². The predicted octanol–water partition coefficient (Wildman–Crippen LogP) is 5.16. The number of carbonyl (C=O) groups excluding carboxylic acids is 1. The van der Waals surface area contributed by atoms with Crippen molar-refractivity contribution in [3.8, 4) is 0 Å². The van der Waals surface area contributed by atoms with Crippen LogP contribution in [0.4, 0.5) is 4.39 Å². The molecule has 1 aromatic heterocycles. The lowest BCUT2D eigenvalue weighted by molar-refractivity contribution is 0.0787. The summed E-state index contributed by atoms with van der Waals surface area (Å²) in [5, 5.41) is 1.20. The molecule has 5 rings (SSSR count). The van der Waals surface area contributed by atoms with E-state index in [4.69, 9.17) is 0 Å². The molecule has 0 aliphatic carbocycles. The molecule has 3 heterocycles. The summed E-state index contributed by atoms with van der Waals surface area (Å²) in [7, 11) is 2.17. The Morgan fingerprint density at radius 3 is 2.71 bits per heavy atom. The Labute approximate surface area is 188 Å². The van der Waals surface area contributed by atoms with Crippen molar-refractivity contribution in [2.45, 2.75) is 37.8 Å². The van der Waals surface area contributed by atoms with Crippen LogP contribution in [-0.2, 0) is 6.42 Å². The van der Waals surface area contributed by atoms with Gasteiger partial charge in [-0.15, -0.1) is 12.4 Å². The van der Waals surface area contributed by atoms with Gasteiger partial charge in [0.25, 0.3) is 5.91 Å². The van der Waals surface area contributed by atoms with E-state index in [0.717, 1.165) is 30.5 Å². The van der Waals surface area contributed by atoms with Crippen LogP contribution >= 0.6 is 12.4 Å². The molecule has 1 fully saturated rings. The van der Waals surface area contributed by atoms with Crippen LogP contribution in [0.1, 0.15) is 35.2 Å². The summed E-state index contributed by atoms with van der Waals surface area (Å²) in [5.41, 5.74) is 3.96. The molecule has 3 aromatic rings. The van der Waals surface area contributed by atoms with E-state index in [1.807, 2.05) is 23.2 Å². The van der Waals surface area contributed by atoms with Gasteiger partial charge < -0.3 is 9.88 Å². The minimum atomic E-state index is -0.326. The van der Waals surface area contributed by atoms with Crippen molar-refractivity contribution in [3.63, 3.8) is 0 Å². The monoisotopic (exact) mass is 439 g/mol. The average molecular weight is 440 g/mol. The summed E-state index contributed by atoms with van der Waals surface area (Å²) in [5.74, 6) is -0.376. The minimum absolute atomic E-state index is 0. The zero-order chi connectivity index (χ0) is 20.7. The zero-order valence-corrected chi connectivity index (χ0v) is 18.4. The first-order valence-corrected chi connectivity index (χ1v) is 10.7. The third-order valence-electron chi connectivity index (χ3n) is 6.69. The van der Waals surface area contributed by atoms with Crippen LogP contribution in [0.2, 0.25) is 0 Å². The summed E-state index contributed by atoms with van der Waals surface area (Å²) in [6, 6.07) is 15.0. The molecule has 31 heavy (non-hydrogen) atoms. The standard InChI is InChI=1S/C25H26FN3O.ClH/c1-28-20-10-11-21(28)15-22(14-20)29(25(30)17-6-8-19(26)9-7-17)13-12-18-16-27-24-5-3-2-4-23(18)24;/h2-9,14,16,20-21,27H,10-13,15H2,1H3;1H. The third-order valence-corrected chi connectivity index (χ3v) is 6.69. The van der Waals surface area contributed by atoms with Gasteiger partial charge >= 0.3 is 0 Å². The Balaban J connectivity index is 0.00000231. The highest BCUT2D eigenvalue weighted by Gasteiger charge is 2.36. The molecule has 4 nitrogen and oxygen atoms in total. The fourth-order valence-corrected chi connectivity index (χ4v) is 4.91. The average Bonchev–Trinajstić information content (AvgIpc) is 3.24. The van der Waals surface area contributed by atoms with E-state index in [0.29, 0.717) is 24.2 Å². The Morgan fingerprint density at radius 1 is 1.16 bits per heavy atom. The second-order valence-corrected chi connectivity index (χ2v) is 8.40. The number of nitrogens with zero attached hydrogens (tertiary/aromatic N) is 2. The van der Waals surface area contributed by atoms with Gasteiger partial charge in [0.05, 0.1) is 0 Å². The molecule has 0 radical (unpaired) electrons. The third kappa shape index (κ3) is 4.12. The zero-order valence-electron chi connectivity index (χ0n) is 17.6. The minimum Gasteiger partial charge on any atom is -0.361 e. The first kappa shape index (κ1) is 21.6. The maximum atomic E-state index is 13.4. The van der Waals surface area contributed by atoms with Crippen molar-refractivity contribution in [3.05, 3.63) is 83.4 Å². The van der Waals surface area contributed by atoms with Crippen molar-refractivity contribution >= 4 is 29.2 Å². The Morgan fingerprint density at radius 2 is 1.94 bits per heavy atom. The number of aromatic nitrogens is 1. The molecule has 162 valence electrons. The molecule has 2 aliphatic heterocycles. The highest BCUT2D eigenvalue weighted by molar-refractivity contribution is 5.95. The van der Waals surface area contributed by atoms with Crippen LogP contribution in [0.25, 0.3) is 10.9 Å². The van der Waals surface area contributed by atoms with E-state index in [2.05, 4.69) is 35.1 Å². The highest BCUT2D eigenvalue weighted by atomic mass is 35.5. The smallest absolute Gasteiger partial charge is 0.258 e. The molecular formula is C25H27ClFN3O. The fraction of sp³-hybridized carbons (Fsp3) is 0.320. The van der Waals surface area contributed by atoms with E-state index < -0.39 is 0 Å². The van der Waals surface area contributed by atoms with Crippen LogP contribution in [0.15, 0.2) is 66.5 Å². The molecule has 0 saturated carbocycles. The molecule has 0 spiro atoms. The molecule has 2 aromatic carbocycles. The van der Waals surface area contributed by atoms with Crippen molar-refractivity contribution in [2.24, 2.45) is 0 Å². The number of likely N-dealkylation sites (N-methyl/N-ethyl adjacent to an activating group) is 1. The molecule has 1 N–H and O–H groups in total. The second-order valence-electron chi connectivity index (χ2n) is 8.40. The molecular weight excluding hydrogens is 413 g/mol. The van der Waals surface area contributed by atoms with Gasteiger partial charge in [0, 0.05) is 53.4 Å². The van der Waals surface area contributed by atoms with Crippen molar-refractivity contribution in [1.82, 2.24) is 14.8 Å². The lowest BCUT2D eigenvalue weighted by atomic mass is 10.0. The van der Waals surface area contributed by atoms with Crippen LogP contribution < -0.4 is 0 Å². The number of halogens is 2. The van der Waals surface area contributed by atoms with Gasteiger partial charge in [-0.2, -0.15) is 0 Å². The molecule has 2 aliphatic rings. The van der Waals surface area contributed by atoms with E-state index >= 15 is 0 Å². The summed E-state index contributed by atoms with van der Waals surface area (Å²) in [4.78, 5) is 21.1. The molecule has 6 heteroatoms. The van der Waals surface area contributed by atoms with Gasteiger partial charge in [0.1, 0.15) is 5.82 Å². The molecule has 1 amide bonds. The number of H-pyrrole nitrogens is 1. The van der Waals surface area contributed by atoms with Gasteiger partial charge in [-0.1, -0.05) is 18.2 Å². The van der Waals surface area contributed by atoms with E-state index in [1.54, 1.807) is 12.1 Å². The number of amides is 1. The molecule has 2 unspecified atom stereocenters. The first-order valence-electron chi connectivity index (χ1n) is 10.7. The maximum absolute atomic E-state index is 13.4. The van der Waals surface area contributed by atoms with E-state index in [9.17, 15) is 9.18 Å². The highest BCUT2D eigenvalue weighted by Crippen LogP contribution is 2.35. The van der Waals surface area contributed by atoms with Crippen molar-refractivity contribution in [2.75, 3.05) is 13.6 Å². The normalized spacial score (nSPS) is 20.4. The predicted molar refractivity (Wildman–Crippen MR) is 124 cm³/mol. The number of hydrogen-bond donors (Lipinski definition) is 1. The van der Waals surface area contributed by atoms with Crippen LogP contribution in [0, 0.1) is 5.82 Å². The topological polar surface area (TPSA) is 39.3 Å². The van der Waals surface area contributed by atoms with E-state index in [-0.39, 0.29) is 24.1 Å². The summed E-state index contributed by atoms with van der Waals surface area (Å²) in [6.07, 6.45) is 8.26. The molecule has 2 bridgehead atoms. The number of carbonyl (C=O) groups is 1. The van der Waals surface area contributed by atoms with Gasteiger partial charge in [-0.25, -0.2) is 4.39 Å². The Hall–Kier alpha value is -2.63.